The molecule has 3 aliphatic rings. The van der Waals surface area contributed by atoms with Crippen LogP contribution in [-0.4, -0.2) is 155 Å². The van der Waals surface area contributed by atoms with Crippen LogP contribution in [0.15, 0.2) is 0 Å². The van der Waals surface area contributed by atoms with Crippen molar-refractivity contribution in [2.24, 2.45) is 22.9 Å². The number of nitrogens with two attached hydrogens (primary N) is 4. The van der Waals surface area contributed by atoms with Crippen molar-refractivity contribution in [1.29, 1.82) is 0 Å². The molecule has 2 aliphatic heterocycles. The number of amides is 1. The number of carbonyl (C=O) groups is 1. The van der Waals surface area contributed by atoms with E-state index in [0.29, 0.717) is 25.9 Å². The Balaban J connectivity index is 1.78. The first kappa shape index (κ1) is 33.4. The van der Waals surface area contributed by atoms with E-state index in [1.54, 1.807) is 0 Å². The molecule has 40 heavy (non-hydrogen) atoms. The number of aliphatic hydroxyl groups is 6. The molecule has 2 saturated heterocycles. The molecule has 1 amide bonds. The summed E-state index contributed by atoms with van der Waals surface area (Å²) in [5, 5.41) is 66.3. The Bertz CT molecular complexity index is 788. The van der Waals surface area contributed by atoms with Crippen molar-refractivity contribution in [1.82, 2.24) is 10.6 Å². The lowest BCUT2D eigenvalue weighted by Gasteiger charge is -2.48. The summed E-state index contributed by atoms with van der Waals surface area (Å²) in [5.41, 5.74) is 23.9. The molecule has 234 valence electrons. The molecule has 16 N–H and O–H groups in total. The van der Waals surface area contributed by atoms with Crippen LogP contribution in [0.25, 0.3) is 0 Å². The van der Waals surface area contributed by atoms with Gasteiger partial charge in [0.2, 0.25) is 5.91 Å². The van der Waals surface area contributed by atoms with Crippen LogP contribution < -0.4 is 33.6 Å². The third-order valence-corrected chi connectivity index (χ3v) is 7.55. The Hall–Kier alpha value is -1.13. The van der Waals surface area contributed by atoms with Gasteiger partial charge >= 0.3 is 0 Å². The fraction of sp³-hybridized carbons (Fsp3) is 0.957. The summed E-state index contributed by atoms with van der Waals surface area (Å²) in [4.78, 5) is 12.5. The van der Waals surface area contributed by atoms with E-state index in [4.69, 9.17) is 47.0 Å². The van der Waals surface area contributed by atoms with Crippen LogP contribution in [0.5, 0.6) is 0 Å². The Kier molecular flexibility index (Phi) is 12.8. The summed E-state index contributed by atoms with van der Waals surface area (Å²) in [7, 11) is 0. The molecule has 3 rings (SSSR count). The van der Waals surface area contributed by atoms with Crippen LogP contribution in [0.3, 0.4) is 0 Å². The van der Waals surface area contributed by atoms with E-state index < -0.39 is 92.0 Å². The highest BCUT2D eigenvalue weighted by Crippen LogP contribution is 2.31. The smallest absolute Gasteiger partial charge is 0.250 e. The normalized spacial score (nSPS) is 43.3. The van der Waals surface area contributed by atoms with Gasteiger partial charge in [0.15, 0.2) is 12.6 Å². The van der Waals surface area contributed by atoms with Gasteiger partial charge in [-0.3, -0.25) is 4.79 Å². The lowest BCUT2D eigenvalue weighted by atomic mass is 9.83. The molecule has 3 fully saturated rings. The van der Waals surface area contributed by atoms with Crippen molar-refractivity contribution in [3.8, 4) is 0 Å². The van der Waals surface area contributed by atoms with E-state index in [1.165, 1.54) is 0 Å². The third kappa shape index (κ3) is 8.03. The highest BCUT2D eigenvalue weighted by Gasteiger charge is 2.51. The molecule has 1 aliphatic carbocycles. The molecule has 0 aromatic heterocycles. The van der Waals surface area contributed by atoms with E-state index in [2.05, 4.69) is 10.6 Å². The van der Waals surface area contributed by atoms with Crippen molar-refractivity contribution in [2.45, 2.75) is 105 Å². The quantitative estimate of drug-likeness (QED) is 0.0951. The molecule has 2 heterocycles. The second-order valence-corrected chi connectivity index (χ2v) is 10.5. The summed E-state index contributed by atoms with van der Waals surface area (Å²) < 4.78 is 23.5. The number of rotatable bonds is 12. The van der Waals surface area contributed by atoms with Gasteiger partial charge in [0.25, 0.3) is 0 Å². The summed E-state index contributed by atoms with van der Waals surface area (Å²) in [6.07, 6.45) is -11.1. The molecule has 0 bridgehead atoms. The lowest BCUT2D eigenvalue weighted by Crippen LogP contribution is -2.69. The number of carbonyl (C=O) groups excluding carboxylic acids is 1. The number of nitrogens with one attached hydrogen (secondary N) is 2. The van der Waals surface area contributed by atoms with Crippen molar-refractivity contribution >= 4 is 5.91 Å². The molecular weight excluding hydrogens is 536 g/mol. The Morgan fingerprint density at radius 1 is 0.950 bits per heavy atom. The van der Waals surface area contributed by atoms with Crippen LogP contribution in [-0.2, 0) is 23.7 Å². The van der Waals surface area contributed by atoms with E-state index in [1.807, 2.05) is 0 Å². The van der Waals surface area contributed by atoms with Crippen molar-refractivity contribution in [3.05, 3.63) is 0 Å². The van der Waals surface area contributed by atoms with Gasteiger partial charge in [-0.2, -0.15) is 0 Å². The molecule has 14 unspecified atom stereocenters. The zero-order chi connectivity index (χ0) is 29.6. The monoisotopic (exact) mass is 582 g/mol. The van der Waals surface area contributed by atoms with Gasteiger partial charge in [-0.05, 0) is 19.3 Å². The predicted octanol–water partition coefficient (Wildman–Crippen LogP) is -7.17. The molecule has 14 atom stereocenters. The second-order valence-electron chi connectivity index (χ2n) is 10.5. The fourth-order valence-electron chi connectivity index (χ4n) is 5.16. The second kappa shape index (κ2) is 15.4. The molecule has 17 heteroatoms. The maximum atomic E-state index is 12.5. The Morgan fingerprint density at radius 3 is 2.30 bits per heavy atom. The average Bonchev–Trinajstić information content (AvgIpc) is 2.94. The first-order chi connectivity index (χ1) is 19.0. The third-order valence-electron chi connectivity index (χ3n) is 7.55. The number of ether oxygens (including phenoxy) is 4. The van der Waals surface area contributed by atoms with Crippen molar-refractivity contribution < 1.29 is 54.4 Å². The standard InChI is InChI=1S/C23H46N6O11/c24-6-13(32)21(36)29-12-5-11(26)19(39-22-10(25)2-1-9(37-22)7-28-3-4-30)18(35)20(12)40-23-17(34)15(27)16(33)14(8-31)38-23/h9-20,22-23,28,30-35H,1-8,24-27H2,(H,29,36). The van der Waals surface area contributed by atoms with E-state index in [0.717, 1.165) is 0 Å². The van der Waals surface area contributed by atoms with Crippen LogP contribution in [0.2, 0.25) is 0 Å². The summed E-state index contributed by atoms with van der Waals surface area (Å²) in [6, 6.07) is -3.63. The SMILES string of the molecule is NCC(O)C(=O)NC1CC(N)C(OC2OC(CNCCO)CCC2N)C(O)C1OC1OC(CO)C(O)C(N)C1O. The number of aliphatic hydroxyl groups excluding tert-OH is 6. The first-order valence-electron chi connectivity index (χ1n) is 13.6. The predicted molar refractivity (Wildman–Crippen MR) is 137 cm³/mol. The van der Waals surface area contributed by atoms with Gasteiger partial charge in [0.05, 0.1) is 37.4 Å². The van der Waals surface area contributed by atoms with Gasteiger partial charge in [0.1, 0.15) is 42.7 Å². The molecule has 17 nitrogen and oxygen atoms in total. The van der Waals surface area contributed by atoms with Crippen LogP contribution in [0.4, 0.5) is 0 Å². The molecule has 0 aromatic carbocycles. The van der Waals surface area contributed by atoms with Gasteiger partial charge in [-0.25, -0.2) is 0 Å². The summed E-state index contributed by atoms with van der Waals surface area (Å²) >= 11 is 0. The van der Waals surface area contributed by atoms with Gasteiger partial charge in [0, 0.05) is 25.7 Å². The molecule has 0 spiro atoms. The molecule has 0 radical (unpaired) electrons. The zero-order valence-electron chi connectivity index (χ0n) is 22.3. The molecule has 1 saturated carbocycles. The van der Waals surface area contributed by atoms with Crippen LogP contribution in [0, 0.1) is 0 Å². The number of hydrogen-bond acceptors (Lipinski definition) is 16. The Morgan fingerprint density at radius 2 is 1.65 bits per heavy atom. The van der Waals surface area contributed by atoms with Gasteiger partial charge in [-0.1, -0.05) is 0 Å². The minimum absolute atomic E-state index is 0.000209. The van der Waals surface area contributed by atoms with E-state index in [-0.39, 0.29) is 25.7 Å². The van der Waals surface area contributed by atoms with Crippen LogP contribution >= 0.6 is 0 Å². The highest BCUT2D eigenvalue weighted by molar-refractivity contribution is 5.81. The lowest BCUT2D eigenvalue weighted by molar-refractivity contribution is -0.314. The largest absolute Gasteiger partial charge is 0.395 e. The average molecular weight is 583 g/mol. The Labute approximate surface area is 232 Å². The number of hydrogen-bond donors (Lipinski definition) is 12. The maximum Gasteiger partial charge on any atom is 0.250 e. The van der Waals surface area contributed by atoms with Crippen molar-refractivity contribution in [2.75, 3.05) is 32.8 Å². The van der Waals surface area contributed by atoms with Crippen molar-refractivity contribution in [3.63, 3.8) is 0 Å². The fourth-order valence-corrected chi connectivity index (χ4v) is 5.16. The minimum Gasteiger partial charge on any atom is -0.395 e. The molecular formula is C23H46N6O11. The van der Waals surface area contributed by atoms with E-state index in [9.17, 15) is 30.3 Å². The highest BCUT2D eigenvalue weighted by atomic mass is 16.7. The first-order valence-corrected chi connectivity index (χ1v) is 13.6. The van der Waals surface area contributed by atoms with Gasteiger partial charge < -0.3 is 83.2 Å². The molecule has 0 aromatic rings. The summed E-state index contributed by atoms with van der Waals surface area (Å²) in [5.74, 6) is -0.832. The van der Waals surface area contributed by atoms with Gasteiger partial charge in [-0.15, -0.1) is 0 Å². The van der Waals surface area contributed by atoms with Crippen LogP contribution in [0.1, 0.15) is 19.3 Å². The topological polar surface area (TPSA) is 304 Å². The zero-order valence-corrected chi connectivity index (χ0v) is 22.3. The minimum atomic E-state index is -1.56. The summed E-state index contributed by atoms with van der Waals surface area (Å²) in [6.45, 7) is -0.171. The van der Waals surface area contributed by atoms with E-state index >= 15 is 0 Å². The maximum absolute atomic E-state index is 12.5.